The largest absolute Gasteiger partial charge is 0.367 e. The molecule has 0 spiro atoms. The van der Waals surface area contributed by atoms with Gasteiger partial charge in [-0.3, -0.25) is 14.0 Å². The molecule has 1 amide bonds. The van der Waals surface area contributed by atoms with E-state index in [1.807, 2.05) is 22.9 Å². The van der Waals surface area contributed by atoms with E-state index in [-0.39, 0.29) is 5.91 Å². The van der Waals surface area contributed by atoms with Crippen molar-refractivity contribution >= 4 is 23.7 Å². The Bertz CT molecular complexity index is 979. The van der Waals surface area contributed by atoms with E-state index in [9.17, 15) is 4.79 Å². The van der Waals surface area contributed by atoms with Crippen LogP contribution in [0.2, 0.25) is 0 Å². The third-order valence-corrected chi connectivity index (χ3v) is 8.49. The number of rotatable bonds is 5. The molecule has 0 saturated carbocycles. The predicted octanol–water partition coefficient (Wildman–Crippen LogP) is 3.68. The maximum absolute atomic E-state index is 13.3. The van der Waals surface area contributed by atoms with Crippen LogP contribution in [-0.2, 0) is 13.0 Å². The van der Waals surface area contributed by atoms with Gasteiger partial charge in [0, 0.05) is 57.4 Å². The lowest BCUT2D eigenvalue weighted by atomic mass is 9.97. The summed E-state index contributed by atoms with van der Waals surface area (Å²) < 4.78 is 2.39. The Labute approximate surface area is 207 Å². The van der Waals surface area contributed by atoms with Crippen molar-refractivity contribution in [3.63, 3.8) is 0 Å². The van der Waals surface area contributed by atoms with Crippen LogP contribution in [0.3, 0.4) is 0 Å². The quantitative estimate of drug-likeness (QED) is 0.655. The molecule has 7 nitrogen and oxygen atoms in total. The Kier molecular flexibility index (Phi) is 7.67. The molecule has 3 aliphatic heterocycles. The van der Waals surface area contributed by atoms with Crippen LogP contribution in [0.25, 0.3) is 0 Å². The Morgan fingerprint density at radius 3 is 2.65 bits per heavy atom. The zero-order chi connectivity index (χ0) is 23.3. The number of piperidine rings is 1. The SMILES string of the molecule is CSN1CCC(Nc2cc(C(=O)N3CCCC(N4CCc5ccccc5C4)CC3)ncn2)CC1. The maximum atomic E-state index is 13.3. The summed E-state index contributed by atoms with van der Waals surface area (Å²) in [6.45, 7) is 5.90. The summed E-state index contributed by atoms with van der Waals surface area (Å²) in [6, 6.07) is 11.6. The summed E-state index contributed by atoms with van der Waals surface area (Å²) in [5.41, 5.74) is 3.46. The lowest BCUT2D eigenvalue weighted by Gasteiger charge is -2.35. The molecule has 5 rings (SSSR count). The lowest BCUT2D eigenvalue weighted by Crippen LogP contribution is -2.40. The second kappa shape index (κ2) is 11.1. The molecule has 1 aromatic carbocycles. The Morgan fingerprint density at radius 1 is 1.00 bits per heavy atom. The smallest absolute Gasteiger partial charge is 0.272 e. The summed E-state index contributed by atoms with van der Waals surface area (Å²) in [4.78, 5) is 26.7. The van der Waals surface area contributed by atoms with Gasteiger partial charge < -0.3 is 10.2 Å². The third-order valence-electron chi connectivity index (χ3n) is 7.61. The number of hydrogen-bond donors (Lipinski definition) is 1. The molecule has 0 aliphatic carbocycles. The van der Waals surface area contributed by atoms with Crippen molar-refractivity contribution in [3.05, 3.63) is 53.5 Å². The highest BCUT2D eigenvalue weighted by molar-refractivity contribution is 7.96. The van der Waals surface area contributed by atoms with E-state index in [4.69, 9.17) is 0 Å². The zero-order valence-corrected chi connectivity index (χ0v) is 21.0. The number of benzene rings is 1. The van der Waals surface area contributed by atoms with Gasteiger partial charge in [0.1, 0.15) is 17.8 Å². The minimum Gasteiger partial charge on any atom is -0.367 e. The maximum Gasteiger partial charge on any atom is 0.272 e. The molecule has 1 atom stereocenters. The number of nitrogens with zero attached hydrogens (tertiary/aromatic N) is 5. The number of amides is 1. The van der Waals surface area contributed by atoms with E-state index in [0.29, 0.717) is 17.8 Å². The highest BCUT2D eigenvalue weighted by Gasteiger charge is 2.28. The lowest BCUT2D eigenvalue weighted by molar-refractivity contribution is 0.0749. The van der Waals surface area contributed by atoms with Gasteiger partial charge in [-0.05, 0) is 55.9 Å². The van der Waals surface area contributed by atoms with Crippen LogP contribution in [0.15, 0.2) is 36.7 Å². The van der Waals surface area contributed by atoms with Crippen molar-refractivity contribution < 1.29 is 4.79 Å². The van der Waals surface area contributed by atoms with E-state index in [2.05, 4.69) is 55.0 Å². The molecule has 1 aromatic heterocycles. The number of carbonyl (C=O) groups excluding carboxylic acids is 1. The Hall–Kier alpha value is -2.16. The molecule has 0 radical (unpaired) electrons. The van der Waals surface area contributed by atoms with E-state index in [1.54, 1.807) is 0 Å². The number of hydrogen-bond acceptors (Lipinski definition) is 7. The number of nitrogens with one attached hydrogen (secondary N) is 1. The van der Waals surface area contributed by atoms with Crippen molar-refractivity contribution in [2.45, 2.75) is 57.2 Å². The van der Waals surface area contributed by atoms with Gasteiger partial charge in [-0.1, -0.05) is 36.2 Å². The summed E-state index contributed by atoms with van der Waals surface area (Å²) >= 11 is 1.81. The number of aromatic nitrogens is 2. The average molecular weight is 481 g/mol. The second-order valence-electron chi connectivity index (χ2n) is 9.68. The molecule has 2 fully saturated rings. The van der Waals surface area contributed by atoms with Crippen LogP contribution in [0.1, 0.15) is 53.7 Å². The third kappa shape index (κ3) is 5.56. The topological polar surface area (TPSA) is 64.6 Å². The molecule has 1 N–H and O–H groups in total. The molecule has 34 heavy (non-hydrogen) atoms. The van der Waals surface area contributed by atoms with Gasteiger partial charge in [0.15, 0.2) is 0 Å². The fourth-order valence-corrected chi connectivity index (χ4v) is 6.16. The van der Waals surface area contributed by atoms with E-state index >= 15 is 0 Å². The first-order valence-corrected chi connectivity index (χ1v) is 13.9. The summed E-state index contributed by atoms with van der Waals surface area (Å²) in [5.74, 6) is 0.799. The molecule has 3 aliphatic rings. The second-order valence-corrected chi connectivity index (χ2v) is 10.6. The van der Waals surface area contributed by atoms with Crippen LogP contribution in [0.5, 0.6) is 0 Å². The van der Waals surface area contributed by atoms with Crippen molar-refractivity contribution in [3.8, 4) is 0 Å². The van der Waals surface area contributed by atoms with Crippen LogP contribution in [-0.4, -0.2) is 81.0 Å². The highest BCUT2D eigenvalue weighted by atomic mass is 32.2. The minimum absolute atomic E-state index is 0.0345. The number of fused-ring (bicyclic) bond motifs is 1. The van der Waals surface area contributed by atoms with Gasteiger partial charge in [-0.15, -0.1) is 0 Å². The van der Waals surface area contributed by atoms with Crippen LogP contribution >= 0.6 is 11.9 Å². The first-order valence-electron chi connectivity index (χ1n) is 12.7. The summed E-state index contributed by atoms with van der Waals surface area (Å²) in [5, 5.41) is 3.53. The Balaban J connectivity index is 1.17. The van der Waals surface area contributed by atoms with Crippen LogP contribution in [0, 0.1) is 0 Å². The van der Waals surface area contributed by atoms with Gasteiger partial charge in [-0.2, -0.15) is 0 Å². The van der Waals surface area contributed by atoms with Gasteiger partial charge in [0.05, 0.1) is 0 Å². The van der Waals surface area contributed by atoms with Gasteiger partial charge in [0.25, 0.3) is 5.91 Å². The molecule has 2 aromatic rings. The van der Waals surface area contributed by atoms with E-state index in [1.165, 1.54) is 17.5 Å². The minimum atomic E-state index is 0.0345. The van der Waals surface area contributed by atoms with Crippen molar-refractivity contribution in [2.75, 3.05) is 44.3 Å². The zero-order valence-electron chi connectivity index (χ0n) is 20.2. The first-order chi connectivity index (χ1) is 16.7. The molecule has 2 saturated heterocycles. The van der Waals surface area contributed by atoms with Gasteiger partial charge in [0.2, 0.25) is 0 Å². The van der Waals surface area contributed by atoms with Crippen molar-refractivity contribution in [1.29, 1.82) is 0 Å². The fourth-order valence-electron chi connectivity index (χ4n) is 5.58. The molecule has 8 heteroatoms. The fraction of sp³-hybridized carbons (Fsp3) is 0.577. The normalized spacial score (nSPS) is 22.7. The van der Waals surface area contributed by atoms with Crippen molar-refractivity contribution in [1.82, 2.24) is 24.1 Å². The standard InChI is InChI=1S/C26H36N6OS/c1-34-32-15-9-22(10-16-32)29-25-17-24(27-19-28-25)26(33)30-12-4-7-23(11-14-30)31-13-8-20-5-2-3-6-21(20)18-31/h2-3,5-6,17,19,22-23H,4,7-16,18H2,1H3,(H,27,28,29). The monoisotopic (exact) mass is 480 g/mol. The first kappa shape index (κ1) is 23.6. The highest BCUT2D eigenvalue weighted by Crippen LogP contribution is 2.26. The molecule has 182 valence electrons. The number of likely N-dealkylation sites (tertiary alicyclic amines) is 1. The molecule has 0 bridgehead atoms. The molecular formula is C26H36N6OS. The van der Waals surface area contributed by atoms with Gasteiger partial charge in [-0.25, -0.2) is 9.97 Å². The molecule has 1 unspecified atom stereocenters. The number of carbonyl (C=O) groups is 1. The van der Waals surface area contributed by atoms with Crippen molar-refractivity contribution in [2.24, 2.45) is 0 Å². The average Bonchev–Trinajstić information content (AvgIpc) is 3.15. The molecular weight excluding hydrogens is 444 g/mol. The van der Waals surface area contributed by atoms with E-state index in [0.717, 1.165) is 83.6 Å². The Morgan fingerprint density at radius 2 is 1.82 bits per heavy atom. The number of anilines is 1. The van der Waals surface area contributed by atoms with Crippen LogP contribution in [0.4, 0.5) is 5.82 Å². The van der Waals surface area contributed by atoms with Crippen LogP contribution < -0.4 is 5.32 Å². The molecule has 4 heterocycles. The van der Waals surface area contributed by atoms with E-state index < -0.39 is 0 Å². The predicted molar refractivity (Wildman–Crippen MR) is 138 cm³/mol. The summed E-state index contributed by atoms with van der Waals surface area (Å²) in [7, 11) is 0. The van der Waals surface area contributed by atoms with Gasteiger partial charge >= 0.3 is 0 Å². The summed E-state index contributed by atoms with van der Waals surface area (Å²) in [6.07, 6.45) is 10.2.